The molecule has 0 radical (unpaired) electrons. The number of rotatable bonds is 20. The van der Waals surface area contributed by atoms with Gasteiger partial charge in [-0.25, -0.2) is 15.0 Å². The molecule has 5 heterocycles. The molecule has 7 rings (SSSR count). The van der Waals surface area contributed by atoms with Crippen molar-refractivity contribution in [2.24, 2.45) is 11.3 Å². The summed E-state index contributed by atoms with van der Waals surface area (Å²) in [6.45, 7) is 12.7. The largest absolute Gasteiger partial charge is 0.391 e. The molecule has 68 heavy (non-hydrogen) atoms. The van der Waals surface area contributed by atoms with Crippen LogP contribution >= 0.6 is 11.3 Å². The zero-order chi connectivity index (χ0) is 48.4. The molecule has 0 spiro atoms. The molecular weight excluding hydrogens is 885 g/mol. The van der Waals surface area contributed by atoms with Crippen LogP contribution in [-0.2, 0) is 45.1 Å². The van der Waals surface area contributed by atoms with Gasteiger partial charge in [-0.1, -0.05) is 69.3 Å². The summed E-state index contributed by atoms with van der Waals surface area (Å²) in [7, 11) is 0. The topological polar surface area (TPSA) is 222 Å². The number of amides is 5. The Hall–Kier alpha value is -5.66. The van der Waals surface area contributed by atoms with Crippen LogP contribution in [0.5, 0.6) is 0 Å². The van der Waals surface area contributed by atoms with Gasteiger partial charge in [0.05, 0.1) is 28.3 Å². The molecule has 4 aromatic rings. The van der Waals surface area contributed by atoms with Crippen LogP contribution in [0.4, 0.5) is 0 Å². The quantitative estimate of drug-likeness (QED) is 0.0753. The number of nitrogens with zero attached hydrogens (tertiary/aromatic N) is 6. The van der Waals surface area contributed by atoms with Gasteiger partial charge < -0.3 is 41.3 Å². The molecule has 2 aromatic carbocycles. The van der Waals surface area contributed by atoms with Gasteiger partial charge in [0.2, 0.25) is 23.6 Å². The predicted molar refractivity (Wildman–Crippen MR) is 258 cm³/mol. The van der Waals surface area contributed by atoms with E-state index in [9.17, 15) is 34.2 Å². The average molecular weight is 951 g/mol. The zero-order valence-corrected chi connectivity index (χ0v) is 40.4. The molecule has 0 bridgehead atoms. The third-order valence-corrected chi connectivity index (χ3v) is 13.9. The molecule has 2 aromatic heterocycles. The minimum Gasteiger partial charge on any atom is -0.391 e. The van der Waals surface area contributed by atoms with E-state index in [2.05, 4.69) is 64.2 Å². The van der Waals surface area contributed by atoms with Crippen LogP contribution in [0.2, 0.25) is 0 Å². The van der Waals surface area contributed by atoms with Crippen molar-refractivity contribution in [3.63, 3.8) is 0 Å². The monoisotopic (exact) mass is 950 g/mol. The minimum absolute atomic E-state index is 0.0208. The fourth-order valence-electron chi connectivity index (χ4n) is 9.16. The molecule has 0 aliphatic carbocycles. The van der Waals surface area contributed by atoms with Gasteiger partial charge in [-0.3, -0.25) is 28.9 Å². The summed E-state index contributed by atoms with van der Waals surface area (Å²) in [5.41, 5.74) is 7.67. The molecule has 0 saturated carbocycles. The number of β-amino-alcohol motifs (C(OH)–C–C–N with tert-alkyl or cyclic N) is 2. The molecule has 17 nitrogen and oxygen atoms in total. The average Bonchev–Trinajstić information content (AvgIpc) is 3.92. The summed E-state index contributed by atoms with van der Waals surface area (Å²) in [4.78, 5) is 86.0. The van der Waals surface area contributed by atoms with Crippen molar-refractivity contribution >= 4 is 40.9 Å². The number of likely N-dealkylation sites (tertiary alicyclic amines) is 2. The van der Waals surface area contributed by atoms with E-state index in [1.165, 1.54) is 22.4 Å². The van der Waals surface area contributed by atoms with Gasteiger partial charge in [0.15, 0.2) is 0 Å². The van der Waals surface area contributed by atoms with E-state index in [1.807, 2.05) is 63.5 Å². The maximum absolute atomic E-state index is 14.0. The molecule has 0 unspecified atom stereocenters. The smallest absolute Gasteiger partial charge is 0.270 e. The van der Waals surface area contributed by atoms with Gasteiger partial charge in [0.1, 0.15) is 24.1 Å². The van der Waals surface area contributed by atoms with Gasteiger partial charge in [-0.05, 0) is 65.8 Å². The van der Waals surface area contributed by atoms with Gasteiger partial charge in [-0.15, -0.1) is 11.3 Å². The lowest BCUT2D eigenvalue weighted by Gasteiger charge is -2.39. The third kappa shape index (κ3) is 13.7. The Bertz CT molecular complexity index is 2380. The number of carbonyl (C=O) groups excluding carboxylic acids is 5. The number of aryl methyl sites for hydroxylation is 1. The first-order valence-corrected chi connectivity index (χ1v) is 24.6. The number of hydrogen-bond donors (Lipinski definition) is 6. The first kappa shape index (κ1) is 50.2. The van der Waals surface area contributed by atoms with Crippen LogP contribution in [0.1, 0.15) is 85.0 Å². The van der Waals surface area contributed by atoms with E-state index >= 15 is 0 Å². The van der Waals surface area contributed by atoms with Gasteiger partial charge in [-0.2, -0.15) is 0 Å². The van der Waals surface area contributed by atoms with E-state index in [4.69, 9.17) is 0 Å². The standard InChI is InChI=1S/C50H66N10O7S/c1-32-45(68-31-56-32)36-14-12-33(13-15-36)23-52-48(66)42-22-39(61)29-60(42)49(67)46(50(2,3)4)57-44(64)11-7-10-43(63)51-17-19-59-25-34(26-59)20-38-21-41(55-30-54-38)47(65)53-24-40(62)28-58-18-16-35-8-5-6-9-37(35)27-58/h5-6,8-9,12-15,21,30-31,34,39-40,42,46,61-62H,7,10-11,16-20,22-29H2,1-4H3,(H,51,63)(H,52,66)(H,53,65)(H,57,64)/t39-,40+,42+,46-/m1/s1. The second-order valence-electron chi connectivity index (χ2n) is 19.5. The number of nitrogens with one attached hydrogen (secondary N) is 4. The summed E-state index contributed by atoms with van der Waals surface area (Å²) < 4.78 is 0. The molecule has 18 heteroatoms. The van der Waals surface area contributed by atoms with Crippen molar-refractivity contribution in [3.8, 4) is 10.4 Å². The Morgan fingerprint density at radius 1 is 0.897 bits per heavy atom. The number of fused-ring (bicyclic) bond motifs is 1. The molecule has 4 atom stereocenters. The maximum Gasteiger partial charge on any atom is 0.270 e. The van der Waals surface area contributed by atoms with Gasteiger partial charge in [0.25, 0.3) is 5.91 Å². The molecule has 3 aliphatic heterocycles. The van der Waals surface area contributed by atoms with Crippen LogP contribution in [0.15, 0.2) is 66.4 Å². The molecular formula is C50H66N10O7S. The Morgan fingerprint density at radius 2 is 1.65 bits per heavy atom. The molecule has 2 fully saturated rings. The molecule has 5 amide bonds. The molecule has 3 aliphatic rings. The summed E-state index contributed by atoms with van der Waals surface area (Å²) in [5, 5.41) is 32.8. The molecule has 6 N–H and O–H groups in total. The first-order valence-electron chi connectivity index (χ1n) is 23.7. The van der Waals surface area contributed by atoms with Gasteiger partial charge in [0, 0.05) is 90.4 Å². The van der Waals surface area contributed by atoms with E-state index in [0.717, 1.165) is 60.0 Å². The van der Waals surface area contributed by atoms with Crippen LogP contribution in [-0.4, -0.2) is 146 Å². The second kappa shape index (κ2) is 23.1. The Labute approximate surface area is 402 Å². The van der Waals surface area contributed by atoms with Gasteiger partial charge >= 0.3 is 0 Å². The molecule has 364 valence electrons. The Kier molecular flexibility index (Phi) is 17.1. The number of aromatic nitrogens is 3. The van der Waals surface area contributed by atoms with E-state index in [1.54, 1.807) is 17.4 Å². The van der Waals surface area contributed by atoms with Crippen molar-refractivity contribution < 1.29 is 34.2 Å². The number of aliphatic hydroxyl groups excluding tert-OH is 2. The highest BCUT2D eigenvalue weighted by atomic mass is 32.1. The second-order valence-corrected chi connectivity index (χ2v) is 20.3. The van der Waals surface area contributed by atoms with Crippen LogP contribution < -0.4 is 21.3 Å². The molecule has 2 saturated heterocycles. The predicted octanol–water partition coefficient (Wildman–Crippen LogP) is 2.63. The lowest BCUT2D eigenvalue weighted by atomic mass is 9.85. The van der Waals surface area contributed by atoms with E-state index in [-0.39, 0.29) is 68.2 Å². The summed E-state index contributed by atoms with van der Waals surface area (Å²) in [5.74, 6) is -1.35. The number of thiazole rings is 1. The van der Waals surface area contributed by atoms with Crippen molar-refractivity contribution in [1.82, 2.24) is 50.9 Å². The Morgan fingerprint density at radius 3 is 2.38 bits per heavy atom. The Balaban J connectivity index is 0.764. The SMILES string of the molecule is Cc1ncsc1-c1ccc(CNC(=O)[C@@H]2C[C@@H](O)CN2C(=O)[C@@H](NC(=O)CCCC(=O)NCCN2CC(Cc3cc(C(=O)NC[C@H](O)CN4CCc5ccccc5C4)ncn3)C2)C(C)(C)C)cc1. The summed E-state index contributed by atoms with van der Waals surface area (Å²) >= 11 is 1.57. The number of carbonyl (C=O) groups is 5. The minimum atomic E-state index is -0.956. The first-order chi connectivity index (χ1) is 32.6. The van der Waals surface area contributed by atoms with Crippen molar-refractivity contribution in [3.05, 3.63) is 100 Å². The van der Waals surface area contributed by atoms with Crippen molar-refractivity contribution in [2.45, 2.75) is 104 Å². The highest BCUT2D eigenvalue weighted by Crippen LogP contribution is 2.29. The van der Waals surface area contributed by atoms with E-state index in [0.29, 0.717) is 38.4 Å². The zero-order valence-electron chi connectivity index (χ0n) is 39.6. The maximum atomic E-state index is 14.0. The summed E-state index contributed by atoms with van der Waals surface area (Å²) in [6, 6.07) is 16.1. The highest BCUT2D eigenvalue weighted by Gasteiger charge is 2.44. The van der Waals surface area contributed by atoms with Crippen molar-refractivity contribution in [2.75, 3.05) is 52.4 Å². The van der Waals surface area contributed by atoms with Crippen LogP contribution in [0, 0.1) is 18.3 Å². The highest BCUT2D eigenvalue weighted by molar-refractivity contribution is 7.13. The third-order valence-electron chi connectivity index (χ3n) is 12.9. The fourth-order valence-corrected chi connectivity index (χ4v) is 9.97. The lowest BCUT2D eigenvalue weighted by molar-refractivity contribution is -0.144. The number of hydrogen-bond acceptors (Lipinski definition) is 13. The fraction of sp³-hybridized carbons (Fsp3) is 0.520. The normalized spacial score (nSPS) is 18.5. The summed E-state index contributed by atoms with van der Waals surface area (Å²) in [6.07, 6.45) is 2.02. The van der Waals surface area contributed by atoms with Crippen molar-refractivity contribution in [1.29, 1.82) is 0 Å². The number of aliphatic hydroxyl groups is 2. The van der Waals surface area contributed by atoms with E-state index < -0.39 is 35.6 Å². The number of benzene rings is 2. The lowest BCUT2D eigenvalue weighted by Crippen LogP contribution is -2.57. The van der Waals surface area contributed by atoms with Crippen LogP contribution in [0.3, 0.4) is 0 Å². The van der Waals surface area contributed by atoms with Crippen LogP contribution in [0.25, 0.3) is 10.4 Å².